The summed E-state index contributed by atoms with van der Waals surface area (Å²) >= 11 is 0. The van der Waals surface area contributed by atoms with Crippen LogP contribution in [0.3, 0.4) is 0 Å². The second-order valence-electron chi connectivity index (χ2n) is 6.66. The highest BCUT2D eigenvalue weighted by molar-refractivity contribution is 6.05. The SMILES string of the molecule is O=C(c1ccncc1)N(Cc1ccc(-c2nnc(C(F)F)o2)cc1F)c1cccc(F)c1. The predicted octanol–water partition coefficient (Wildman–Crippen LogP) is 5.19. The van der Waals surface area contributed by atoms with Crippen molar-refractivity contribution in [3.05, 3.63) is 95.6 Å². The van der Waals surface area contributed by atoms with Gasteiger partial charge in [-0.2, -0.15) is 8.78 Å². The molecule has 0 aliphatic rings. The summed E-state index contributed by atoms with van der Waals surface area (Å²) in [5.74, 6) is -2.91. The van der Waals surface area contributed by atoms with Gasteiger partial charge in [-0.25, -0.2) is 8.78 Å². The Labute approximate surface area is 179 Å². The zero-order valence-corrected chi connectivity index (χ0v) is 16.3. The zero-order valence-electron chi connectivity index (χ0n) is 16.3. The predicted molar refractivity (Wildman–Crippen MR) is 106 cm³/mol. The quantitative estimate of drug-likeness (QED) is 0.384. The van der Waals surface area contributed by atoms with Crippen LogP contribution in [0.15, 0.2) is 71.4 Å². The Morgan fingerprint density at radius 3 is 2.44 bits per heavy atom. The van der Waals surface area contributed by atoms with Gasteiger partial charge < -0.3 is 9.32 Å². The van der Waals surface area contributed by atoms with E-state index in [1.165, 1.54) is 59.8 Å². The number of anilines is 1. The number of pyridine rings is 1. The van der Waals surface area contributed by atoms with Crippen LogP contribution >= 0.6 is 0 Å². The monoisotopic (exact) mass is 442 g/mol. The van der Waals surface area contributed by atoms with Crippen LogP contribution in [0.5, 0.6) is 0 Å². The largest absolute Gasteiger partial charge is 0.415 e. The van der Waals surface area contributed by atoms with E-state index < -0.39 is 29.9 Å². The van der Waals surface area contributed by atoms with Crippen molar-refractivity contribution < 1.29 is 26.8 Å². The first-order valence-electron chi connectivity index (χ1n) is 9.30. The van der Waals surface area contributed by atoms with Gasteiger partial charge in [-0.1, -0.05) is 12.1 Å². The van der Waals surface area contributed by atoms with Crippen LogP contribution in [0.4, 0.5) is 23.2 Å². The van der Waals surface area contributed by atoms with Gasteiger partial charge in [0, 0.05) is 34.8 Å². The van der Waals surface area contributed by atoms with Crippen molar-refractivity contribution in [2.75, 3.05) is 4.90 Å². The molecular formula is C22H14F4N4O2. The molecule has 2 heterocycles. The van der Waals surface area contributed by atoms with Crippen LogP contribution in [0, 0.1) is 11.6 Å². The summed E-state index contributed by atoms with van der Waals surface area (Å²) in [4.78, 5) is 18.2. The number of alkyl halides is 2. The fraction of sp³-hybridized carbons (Fsp3) is 0.0909. The van der Waals surface area contributed by atoms with E-state index in [1.54, 1.807) is 0 Å². The second kappa shape index (κ2) is 8.96. The highest BCUT2D eigenvalue weighted by Crippen LogP contribution is 2.27. The molecule has 0 radical (unpaired) electrons. The van der Waals surface area contributed by atoms with Crippen molar-refractivity contribution in [1.29, 1.82) is 0 Å². The number of benzene rings is 2. The molecule has 0 bridgehead atoms. The molecule has 0 fully saturated rings. The van der Waals surface area contributed by atoms with Crippen molar-refractivity contribution in [3.63, 3.8) is 0 Å². The van der Waals surface area contributed by atoms with Crippen molar-refractivity contribution in [2.45, 2.75) is 13.0 Å². The van der Waals surface area contributed by atoms with Crippen molar-refractivity contribution in [2.24, 2.45) is 0 Å². The summed E-state index contributed by atoms with van der Waals surface area (Å²) in [7, 11) is 0. The summed E-state index contributed by atoms with van der Waals surface area (Å²) in [6.07, 6.45) is -0.0751. The molecule has 162 valence electrons. The normalized spacial score (nSPS) is 11.0. The van der Waals surface area contributed by atoms with E-state index in [9.17, 15) is 22.4 Å². The standard InChI is InChI=1S/C22H14F4N4O2/c23-16-2-1-3-17(11-16)30(22(31)13-6-8-27-9-7-13)12-15-5-4-14(10-18(15)24)20-28-29-21(32-20)19(25)26/h1-11,19H,12H2. The topological polar surface area (TPSA) is 72.1 Å². The summed E-state index contributed by atoms with van der Waals surface area (Å²) in [6, 6.07) is 12.1. The minimum absolute atomic E-state index is 0.100. The molecule has 0 saturated heterocycles. The van der Waals surface area contributed by atoms with Crippen LogP contribution in [0.2, 0.25) is 0 Å². The van der Waals surface area contributed by atoms with Gasteiger partial charge in [0.25, 0.3) is 11.8 Å². The summed E-state index contributed by atoms with van der Waals surface area (Å²) in [5.41, 5.74) is 0.720. The van der Waals surface area contributed by atoms with E-state index >= 15 is 0 Å². The maximum Gasteiger partial charge on any atom is 0.314 e. The number of carbonyl (C=O) groups is 1. The maximum atomic E-state index is 14.9. The molecule has 0 unspecified atom stereocenters. The van der Waals surface area contributed by atoms with Crippen LogP contribution < -0.4 is 4.90 Å². The lowest BCUT2D eigenvalue weighted by Gasteiger charge is -2.23. The van der Waals surface area contributed by atoms with Crippen molar-refractivity contribution in [1.82, 2.24) is 15.2 Å². The van der Waals surface area contributed by atoms with Crippen molar-refractivity contribution in [3.8, 4) is 11.5 Å². The fourth-order valence-electron chi connectivity index (χ4n) is 2.99. The summed E-state index contributed by atoms with van der Waals surface area (Å²) < 4.78 is 58.8. The highest BCUT2D eigenvalue weighted by Gasteiger charge is 2.22. The average Bonchev–Trinajstić information content (AvgIpc) is 3.29. The van der Waals surface area contributed by atoms with E-state index in [-0.39, 0.29) is 34.8 Å². The van der Waals surface area contributed by atoms with E-state index in [1.807, 2.05) is 0 Å². The molecule has 0 atom stereocenters. The van der Waals surface area contributed by atoms with Gasteiger partial charge in [-0.3, -0.25) is 9.78 Å². The van der Waals surface area contributed by atoms with Gasteiger partial charge in [0.2, 0.25) is 5.89 Å². The molecule has 4 aromatic rings. The Morgan fingerprint density at radius 1 is 1.00 bits per heavy atom. The van der Waals surface area contributed by atoms with Gasteiger partial charge >= 0.3 is 6.43 Å². The first-order valence-corrected chi connectivity index (χ1v) is 9.30. The Balaban J connectivity index is 1.66. The van der Waals surface area contributed by atoms with Gasteiger partial charge in [-0.05, 0) is 42.5 Å². The zero-order chi connectivity index (χ0) is 22.7. The molecule has 0 aliphatic carbocycles. The minimum Gasteiger partial charge on any atom is -0.415 e. The van der Waals surface area contributed by atoms with Crippen LogP contribution in [-0.4, -0.2) is 21.1 Å². The van der Waals surface area contributed by atoms with Crippen molar-refractivity contribution >= 4 is 11.6 Å². The molecule has 4 rings (SSSR count). The Kier molecular flexibility index (Phi) is 5.93. The number of rotatable bonds is 6. The molecular weight excluding hydrogens is 428 g/mol. The lowest BCUT2D eigenvalue weighted by molar-refractivity contribution is 0.0984. The molecule has 0 N–H and O–H groups in total. The number of nitrogens with zero attached hydrogens (tertiary/aromatic N) is 4. The van der Waals surface area contributed by atoms with E-state index in [2.05, 4.69) is 15.2 Å². The molecule has 2 aromatic carbocycles. The Hall–Kier alpha value is -4.08. The van der Waals surface area contributed by atoms with Gasteiger partial charge in [-0.15, -0.1) is 10.2 Å². The van der Waals surface area contributed by atoms with E-state index in [0.29, 0.717) is 0 Å². The lowest BCUT2D eigenvalue weighted by atomic mass is 10.1. The number of hydrogen-bond acceptors (Lipinski definition) is 5. The molecule has 0 saturated carbocycles. The van der Waals surface area contributed by atoms with Gasteiger partial charge in [0.1, 0.15) is 11.6 Å². The summed E-state index contributed by atoms with van der Waals surface area (Å²) in [5, 5.41) is 6.70. The van der Waals surface area contributed by atoms with E-state index in [4.69, 9.17) is 4.42 Å². The summed E-state index contributed by atoms with van der Waals surface area (Å²) in [6.45, 7) is -0.219. The molecule has 32 heavy (non-hydrogen) atoms. The highest BCUT2D eigenvalue weighted by atomic mass is 19.3. The Bertz CT molecular complexity index is 1250. The van der Waals surface area contributed by atoms with Crippen LogP contribution in [0.25, 0.3) is 11.5 Å². The second-order valence-corrected chi connectivity index (χ2v) is 6.66. The first kappa shape index (κ1) is 21.2. The van der Waals surface area contributed by atoms with Crippen LogP contribution in [-0.2, 0) is 6.54 Å². The maximum absolute atomic E-state index is 14.9. The fourth-order valence-corrected chi connectivity index (χ4v) is 2.99. The number of amides is 1. The van der Waals surface area contributed by atoms with Gasteiger partial charge in [0.15, 0.2) is 0 Å². The number of hydrogen-bond donors (Lipinski definition) is 0. The number of carbonyl (C=O) groups excluding carboxylic acids is 1. The smallest absolute Gasteiger partial charge is 0.314 e. The molecule has 2 aromatic heterocycles. The van der Waals surface area contributed by atoms with Crippen LogP contribution in [0.1, 0.15) is 28.2 Å². The number of aromatic nitrogens is 3. The molecule has 0 aliphatic heterocycles. The molecule has 10 heteroatoms. The third-order valence-corrected chi connectivity index (χ3v) is 4.55. The average molecular weight is 442 g/mol. The third kappa shape index (κ3) is 4.48. The molecule has 6 nitrogen and oxygen atoms in total. The minimum atomic E-state index is -2.95. The van der Waals surface area contributed by atoms with Gasteiger partial charge in [0.05, 0.1) is 6.54 Å². The van der Waals surface area contributed by atoms with E-state index in [0.717, 1.165) is 12.1 Å². The first-order chi connectivity index (χ1) is 15.4. The molecule has 1 amide bonds. The Morgan fingerprint density at radius 2 is 1.78 bits per heavy atom. The number of halogens is 4. The molecule has 0 spiro atoms. The third-order valence-electron chi connectivity index (χ3n) is 4.55. The lowest BCUT2D eigenvalue weighted by Crippen LogP contribution is -2.31.